The lowest BCUT2D eigenvalue weighted by atomic mass is 10.2. The van der Waals surface area contributed by atoms with Crippen LogP contribution in [-0.4, -0.2) is 41.9 Å². The van der Waals surface area contributed by atoms with Crippen molar-refractivity contribution >= 4 is 38.6 Å². The first-order valence-electron chi connectivity index (χ1n) is 10.9. The predicted octanol–water partition coefficient (Wildman–Crippen LogP) is 3.56. The standard InChI is InChI=1S/C23H22FN9O2S/c1-14-4-6-17(7-5-14)36(34,35)33-9-8-18-20(33)22(30-19-12-32(3)13-27-19)31-23(29-18)28-15(2)21-25-10-16(24)11-26-21/h4-13,15H,1-3H3,(H2,28,29,30,31)/t15-/m1/s1. The Balaban J connectivity index is 1.60. The normalized spacial score (nSPS) is 12.6. The van der Waals surface area contributed by atoms with E-state index in [2.05, 4.69) is 35.6 Å². The smallest absolute Gasteiger partial charge is 0.268 e. The second-order valence-corrected chi connectivity index (χ2v) is 10.0. The number of imidazole rings is 1. The summed E-state index contributed by atoms with van der Waals surface area (Å²) in [7, 11) is -2.12. The van der Waals surface area contributed by atoms with Gasteiger partial charge in [0.1, 0.15) is 17.2 Å². The van der Waals surface area contributed by atoms with Gasteiger partial charge in [0.05, 0.1) is 35.2 Å². The molecule has 0 spiro atoms. The number of aromatic nitrogens is 7. The lowest BCUT2D eigenvalue weighted by Gasteiger charge is -2.15. The molecule has 5 rings (SSSR count). The summed E-state index contributed by atoms with van der Waals surface area (Å²) >= 11 is 0. The largest absolute Gasteiger partial charge is 0.344 e. The van der Waals surface area contributed by atoms with Crippen LogP contribution in [0.25, 0.3) is 11.0 Å². The monoisotopic (exact) mass is 507 g/mol. The molecule has 0 aliphatic carbocycles. The summed E-state index contributed by atoms with van der Waals surface area (Å²) < 4.78 is 43.1. The number of aryl methyl sites for hydroxylation is 2. The average molecular weight is 508 g/mol. The van der Waals surface area contributed by atoms with Crippen LogP contribution in [0.15, 0.2) is 66.3 Å². The molecule has 184 valence electrons. The maximum Gasteiger partial charge on any atom is 0.268 e. The van der Waals surface area contributed by atoms with Crippen molar-refractivity contribution in [3.8, 4) is 0 Å². The molecule has 5 aromatic rings. The van der Waals surface area contributed by atoms with Crippen molar-refractivity contribution in [2.24, 2.45) is 7.05 Å². The molecular formula is C23H22FN9O2S. The Morgan fingerprint density at radius 2 is 1.75 bits per heavy atom. The summed E-state index contributed by atoms with van der Waals surface area (Å²) in [6.07, 6.45) is 6.94. The molecule has 4 aromatic heterocycles. The highest BCUT2D eigenvalue weighted by Gasteiger charge is 2.24. The van der Waals surface area contributed by atoms with Crippen LogP contribution in [-0.2, 0) is 17.1 Å². The van der Waals surface area contributed by atoms with Crippen molar-refractivity contribution in [1.82, 2.24) is 33.5 Å². The van der Waals surface area contributed by atoms with Gasteiger partial charge in [-0.3, -0.25) is 0 Å². The van der Waals surface area contributed by atoms with Crippen LogP contribution in [0, 0.1) is 12.7 Å². The zero-order chi connectivity index (χ0) is 25.4. The van der Waals surface area contributed by atoms with Gasteiger partial charge in [0, 0.05) is 19.4 Å². The van der Waals surface area contributed by atoms with E-state index in [-0.39, 0.29) is 22.2 Å². The maximum absolute atomic E-state index is 13.5. The van der Waals surface area contributed by atoms with E-state index in [4.69, 9.17) is 0 Å². The Kier molecular flexibility index (Phi) is 5.84. The SMILES string of the molecule is Cc1ccc(S(=O)(=O)n2ccc3nc(N[C@H](C)c4ncc(F)cn4)nc(Nc4cn(C)cn4)c32)cc1. The predicted molar refractivity (Wildman–Crippen MR) is 132 cm³/mol. The molecule has 1 aromatic carbocycles. The van der Waals surface area contributed by atoms with Crippen LogP contribution in [0.2, 0.25) is 0 Å². The van der Waals surface area contributed by atoms with Crippen molar-refractivity contribution in [3.05, 3.63) is 78.7 Å². The summed E-state index contributed by atoms with van der Waals surface area (Å²) in [6.45, 7) is 3.66. The molecule has 0 aliphatic rings. The Hall–Kier alpha value is -4.39. The number of anilines is 3. The zero-order valence-corrected chi connectivity index (χ0v) is 20.4. The fourth-order valence-electron chi connectivity index (χ4n) is 3.60. The molecule has 1 atom stereocenters. The molecule has 11 nitrogen and oxygen atoms in total. The van der Waals surface area contributed by atoms with Gasteiger partial charge in [-0.1, -0.05) is 17.7 Å². The molecule has 0 radical (unpaired) electrons. The van der Waals surface area contributed by atoms with Crippen LogP contribution in [0.3, 0.4) is 0 Å². The van der Waals surface area contributed by atoms with Gasteiger partial charge in [0.2, 0.25) is 5.95 Å². The highest BCUT2D eigenvalue weighted by Crippen LogP contribution is 2.30. The van der Waals surface area contributed by atoms with Gasteiger partial charge in [-0.15, -0.1) is 0 Å². The number of hydrogen-bond acceptors (Lipinski definition) is 9. The van der Waals surface area contributed by atoms with Gasteiger partial charge < -0.3 is 15.2 Å². The second-order valence-electron chi connectivity index (χ2n) is 8.23. The Morgan fingerprint density at radius 3 is 2.42 bits per heavy atom. The van der Waals surface area contributed by atoms with Crippen molar-refractivity contribution in [2.45, 2.75) is 24.8 Å². The van der Waals surface area contributed by atoms with Crippen molar-refractivity contribution in [2.75, 3.05) is 10.6 Å². The van der Waals surface area contributed by atoms with Gasteiger partial charge >= 0.3 is 0 Å². The molecule has 0 bridgehead atoms. The number of nitrogens with one attached hydrogen (secondary N) is 2. The number of rotatable bonds is 7. The number of nitrogens with zero attached hydrogens (tertiary/aromatic N) is 7. The van der Waals surface area contributed by atoms with Crippen LogP contribution in [0.1, 0.15) is 24.4 Å². The zero-order valence-electron chi connectivity index (χ0n) is 19.6. The first kappa shape index (κ1) is 23.4. The third-order valence-electron chi connectivity index (χ3n) is 5.40. The van der Waals surface area contributed by atoms with Crippen molar-refractivity contribution in [1.29, 1.82) is 0 Å². The molecule has 0 saturated carbocycles. The van der Waals surface area contributed by atoms with Gasteiger partial charge in [-0.25, -0.2) is 36.7 Å². The van der Waals surface area contributed by atoms with E-state index in [1.807, 2.05) is 14.0 Å². The summed E-state index contributed by atoms with van der Waals surface area (Å²) in [5, 5.41) is 6.19. The second kappa shape index (κ2) is 9.00. The minimum Gasteiger partial charge on any atom is -0.344 e. The van der Waals surface area contributed by atoms with Crippen LogP contribution in [0.4, 0.5) is 22.0 Å². The van der Waals surface area contributed by atoms with Crippen LogP contribution in [0.5, 0.6) is 0 Å². The molecule has 0 unspecified atom stereocenters. The number of fused-ring (bicyclic) bond motifs is 1. The summed E-state index contributed by atoms with van der Waals surface area (Å²) in [5.41, 5.74) is 1.59. The maximum atomic E-state index is 13.5. The first-order chi connectivity index (χ1) is 17.2. The van der Waals surface area contributed by atoms with Crippen molar-refractivity contribution < 1.29 is 12.8 Å². The number of benzene rings is 1. The van der Waals surface area contributed by atoms with E-state index >= 15 is 0 Å². The lowest BCUT2D eigenvalue weighted by molar-refractivity contribution is 0.589. The van der Waals surface area contributed by atoms with Crippen LogP contribution < -0.4 is 10.6 Å². The van der Waals surface area contributed by atoms with Gasteiger partial charge in [-0.05, 0) is 32.0 Å². The lowest BCUT2D eigenvalue weighted by Crippen LogP contribution is -2.15. The van der Waals surface area contributed by atoms with Gasteiger partial charge in [0.25, 0.3) is 10.0 Å². The Bertz CT molecular complexity index is 1650. The van der Waals surface area contributed by atoms with E-state index in [9.17, 15) is 12.8 Å². The molecule has 0 aliphatic heterocycles. The Morgan fingerprint density at radius 1 is 1.03 bits per heavy atom. The number of halogens is 1. The quantitative estimate of drug-likeness (QED) is 0.339. The summed E-state index contributed by atoms with van der Waals surface area (Å²) in [4.78, 5) is 21.4. The van der Waals surface area contributed by atoms with Gasteiger partial charge in [-0.2, -0.15) is 4.98 Å². The highest BCUT2D eigenvalue weighted by molar-refractivity contribution is 7.90. The highest BCUT2D eigenvalue weighted by atomic mass is 32.2. The molecule has 2 N–H and O–H groups in total. The first-order valence-corrected chi connectivity index (χ1v) is 12.3. The minimum atomic E-state index is -3.94. The van der Waals surface area contributed by atoms with Crippen LogP contribution >= 0.6 is 0 Å². The topological polar surface area (TPSA) is 133 Å². The van der Waals surface area contributed by atoms with E-state index in [1.54, 1.807) is 54.3 Å². The third-order valence-corrected chi connectivity index (χ3v) is 7.09. The average Bonchev–Trinajstić information content (AvgIpc) is 3.46. The minimum absolute atomic E-state index is 0.138. The fourth-order valence-corrected chi connectivity index (χ4v) is 4.95. The van der Waals surface area contributed by atoms with E-state index in [1.165, 1.54) is 6.20 Å². The number of hydrogen-bond donors (Lipinski definition) is 2. The molecule has 36 heavy (non-hydrogen) atoms. The Labute approximate surface area is 206 Å². The molecule has 13 heteroatoms. The van der Waals surface area contributed by atoms with Crippen molar-refractivity contribution in [3.63, 3.8) is 0 Å². The molecular weight excluding hydrogens is 485 g/mol. The van der Waals surface area contributed by atoms with E-state index in [0.29, 0.717) is 17.2 Å². The molecule has 0 saturated heterocycles. The summed E-state index contributed by atoms with van der Waals surface area (Å²) in [6, 6.07) is 7.74. The molecule has 0 fully saturated rings. The molecule has 0 amide bonds. The van der Waals surface area contributed by atoms with E-state index < -0.39 is 21.9 Å². The van der Waals surface area contributed by atoms with Gasteiger partial charge in [0.15, 0.2) is 11.6 Å². The fraction of sp³-hybridized carbons (Fsp3) is 0.174. The summed E-state index contributed by atoms with van der Waals surface area (Å²) in [5.74, 6) is 0.709. The van der Waals surface area contributed by atoms with E-state index in [0.717, 1.165) is 21.9 Å². The molecule has 4 heterocycles. The third kappa shape index (κ3) is 4.47.